The van der Waals surface area contributed by atoms with Crippen molar-refractivity contribution >= 4 is 28.8 Å². The molecule has 4 rings (SSSR count). The van der Waals surface area contributed by atoms with Crippen molar-refractivity contribution in [3.05, 3.63) is 45.8 Å². The maximum atomic E-state index is 12.7. The Bertz CT molecular complexity index is 1000. The molecule has 2 fully saturated rings. The quantitative estimate of drug-likeness (QED) is 0.739. The zero-order chi connectivity index (χ0) is 18.5. The molecule has 0 aliphatic carbocycles. The molecule has 1 spiro atoms. The van der Waals surface area contributed by atoms with Crippen LogP contribution in [0.25, 0.3) is 11.0 Å². The Morgan fingerprint density at radius 1 is 1.15 bits per heavy atom. The van der Waals surface area contributed by atoms with Gasteiger partial charge in [0, 0.05) is 19.2 Å². The van der Waals surface area contributed by atoms with Gasteiger partial charge in [0.25, 0.3) is 11.8 Å². The van der Waals surface area contributed by atoms with Crippen LogP contribution in [0.5, 0.6) is 0 Å². The summed E-state index contributed by atoms with van der Waals surface area (Å²) in [5.41, 5.74) is 0.0777. The molecular weight excluding hydrogens is 338 g/mol. The number of aryl methyl sites for hydroxylation is 1. The van der Waals surface area contributed by atoms with Crippen molar-refractivity contribution in [1.29, 1.82) is 0 Å². The van der Waals surface area contributed by atoms with Crippen LogP contribution in [0.2, 0.25) is 0 Å². The molecule has 0 radical (unpaired) electrons. The number of hydrogen-bond acceptors (Lipinski definition) is 5. The van der Waals surface area contributed by atoms with Crippen LogP contribution in [0.3, 0.4) is 0 Å². The molecule has 2 aliphatic rings. The monoisotopic (exact) mass is 355 g/mol. The van der Waals surface area contributed by atoms with Crippen molar-refractivity contribution in [2.24, 2.45) is 0 Å². The van der Waals surface area contributed by atoms with E-state index in [0.717, 1.165) is 5.56 Å². The third-order valence-corrected chi connectivity index (χ3v) is 5.01. The lowest BCUT2D eigenvalue weighted by Gasteiger charge is -2.36. The summed E-state index contributed by atoms with van der Waals surface area (Å²) >= 11 is 0. The van der Waals surface area contributed by atoms with Gasteiger partial charge in [0.15, 0.2) is 11.2 Å². The van der Waals surface area contributed by atoms with Gasteiger partial charge in [-0.05, 0) is 31.9 Å². The number of nitrogens with zero attached hydrogens (tertiary/aromatic N) is 1. The van der Waals surface area contributed by atoms with Crippen LogP contribution in [0.4, 0.5) is 4.79 Å². The first-order valence-corrected chi connectivity index (χ1v) is 8.35. The minimum atomic E-state index is -0.949. The average molecular weight is 355 g/mol. The van der Waals surface area contributed by atoms with E-state index < -0.39 is 17.5 Å². The normalized spacial score (nSPS) is 18.9. The maximum absolute atomic E-state index is 12.7. The van der Waals surface area contributed by atoms with Crippen LogP contribution >= 0.6 is 0 Å². The smallest absolute Gasteiger partial charge is 0.322 e. The lowest BCUT2D eigenvalue weighted by Crippen LogP contribution is -2.55. The summed E-state index contributed by atoms with van der Waals surface area (Å²) in [6.07, 6.45) is 0.626. The van der Waals surface area contributed by atoms with Crippen molar-refractivity contribution in [3.63, 3.8) is 0 Å². The second kappa shape index (κ2) is 5.69. The third-order valence-electron chi connectivity index (χ3n) is 5.01. The molecular formula is C18H17N3O5. The first kappa shape index (κ1) is 16.3. The molecule has 134 valence electrons. The number of carbonyl (C=O) groups excluding carboxylic acids is 3. The highest BCUT2D eigenvalue weighted by Crippen LogP contribution is 2.26. The van der Waals surface area contributed by atoms with Crippen molar-refractivity contribution in [3.8, 4) is 0 Å². The van der Waals surface area contributed by atoms with E-state index in [1.54, 1.807) is 12.1 Å². The van der Waals surface area contributed by atoms with Gasteiger partial charge in [0.05, 0.1) is 5.39 Å². The topological polar surface area (TPSA) is 109 Å². The van der Waals surface area contributed by atoms with Gasteiger partial charge in [-0.15, -0.1) is 0 Å². The minimum absolute atomic E-state index is 0.0257. The largest absolute Gasteiger partial charge is 0.451 e. The number of hydrogen-bond donors (Lipinski definition) is 2. The highest BCUT2D eigenvalue weighted by Gasteiger charge is 2.48. The Labute approximate surface area is 148 Å². The first-order chi connectivity index (χ1) is 12.4. The average Bonchev–Trinajstić information content (AvgIpc) is 2.88. The van der Waals surface area contributed by atoms with Gasteiger partial charge in [0.1, 0.15) is 11.1 Å². The molecule has 8 nitrogen and oxygen atoms in total. The van der Waals surface area contributed by atoms with E-state index in [4.69, 9.17) is 4.42 Å². The van der Waals surface area contributed by atoms with E-state index in [1.807, 2.05) is 13.0 Å². The number of amides is 4. The number of rotatable bonds is 1. The Morgan fingerprint density at radius 2 is 1.88 bits per heavy atom. The number of carbonyl (C=O) groups is 3. The van der Waals surface area contributed by atoms with E-state index in [1.165, 1.54) is 11.0 Å². The number of nitrogens with one attached hydrogen (secondary N) is 2. The third kappa shape index (κ3) is 2.54. The Kier molecular flexibility index (Phi) is 3.57. The summed E-state index contributed by atoms with van der Waals surface area (Å²) in [5, 5.41) is 5.31. The number of piperidine rings is 1. The van der Waals surface area contributed by atoms with E-state index in [2.05, 4.69) is 10.6 Å². The van der Waals surface area contributed by atoms with Gasteiger partial charge in [-0.1, -0.05) is 11.6 Å². The molecule has 26 heavy (non-hydrogen) atoms. The number of fused-ring (bicyclic) bond motifs is 1. The lowest BCUT2D eigenvalue weighted by molar-refractivity contribution is -0.125. The van der Waals surface area contributed by atoms with Crippen molar-refractivity contribution in [1.82, 2.24) is 15.5 Å². The zero-order valence-electron chi connectivity index (χ0n) is 14.1. The molecule has 3 heterocycles. The second-order valence-corrected chi connectivity index (χ2v) is 6.76. The Balaban J connectivity index is 1.57. The molecule has 1 aromatic heterocycles. The summed E-state index contributed by atoms with van der Waals surface area (Å²) in [4.78, 5) is 49.9. The molecule has 2 aromatic rings. The molecule has 2 saturated heterocycles. The number of imide groups is 1. The molecule has 0 bridgehead atoms. The first-order valence-electron chi connectivity index (χ1n) is 8.35. The van der Waals surface area contributed by atoms with Crippen LogP contribution in [0, 0.1) is 6.92 Å². The summed E-state index contributed by atoms with van der Waals surface area (Å²) in [5.74, 6) is -0.784. The van der Waals surface area contributed by atoms with Crippen molar-refractivity contribution in [2.45, 2.75) is 25.3 Å². The highest BCUT2D eigenvalue weighted by atomic mass is 16.3. The molecule has 4 amide bonds. The Hall–Kier alpha value is -3.16. The fourth-order valence-electron chi connectivity index (χ4n) is 3.50. The summed E-state index contributed by atoms with van der Waals surface area (Å²) in [7, 11) is 0. The summed E-state index contributed by atoms with van der Waals surface area (Å²) in [6.45, 7) is 2.43. The summed E-state index contributed by atoms with van der Waals surface area (Å²) < 4.78 is 5.63. The van der Waals surface area contributed by atoms with E-state index in [0.29, 0.717) is 23.8 Å². The van der Waals surface area contributed by atoms with Crippen LogP contribution in [-0.4, -0.2) is 41.4 Å². The SMILES string of the molecule is Cc1ccc2oc(C(=O)N3CCC4(CC3)NC(=O)NC4=O)cc(=O)c2c1. The molecule has 2 aliphatic heterocycles. The standard InChI is InChI=1S/C18H17N3O5/c1-10-2-3-13-11(8-10)12(22)9-14(26-13)15(23)21-6-4-18(5-7-21)16(24)19-17(25)20-18/h2-3,8-9H,4-7H2,1H3,(H2,19,20,24,25). The molecule has 1 aromatic carbocycles. The number of likely N-dealkylation sites (tertiary alicyclic amines) is 1. The Morgan fingerprint density at radius 3 is 2.54 bits per heavy atom. The van der Waals surface area contributed by atoms with E-state index >= 15 is 0 Å². The molecule has 2 N–H and O–H groups in total. The van der Waals surface area contributed by atoms with Crippen LogP contribution in [0.1, 0.15) is 29.0 Å². The highest BCUT2D eigenvalue weighted by molar-refractivity contribution is 6.07. The van der Waals surface area contributed by atoms with Gasteiger partial charge in [-0.2, -0.15) is 0 Å². The molecule has 0 atom stereocenters. The fourth-order valence-corrected chi connectivity index (χ4v) is 3.50. The van der Waals surface area contributed by atoms with Crippen molar-refractivity contribution < 1.29 is 18.8 Å². The van der Waals surface area contributed by atoms with E-state index in [-0.39, 0.29) is 30.2 Å². The zero-order valence-corrected chi connectivity index (χ0v) is 14.1. The number of benzene rings is 1. The lowest BCUT2D eigenvalue weighted by atomic mass is 9.87. The summed E-state index contributed by atoms with van der Waals surface area (Å²) in [6, 6.07) is 5.91. The van der Waals surface area contributed by atoms with E-state index in [9.17, 15) is 19.2 Å². The second-order valence-electron chi connectivity index (χ2n) is 6.76. The molecule has 0 saturated carbocycles. The van der Waals surface area contributed by atoms with Crippen molar-refractivity contribution in [2.75, 3.05) is 13.1 Å². The van der Waals surface area contributed by atoms with Gasteiger partial charge < -0.3 is 14.6 Å². The van der Waals surface area contributed by atoms with Crippen LogP contribution < -0.4 is 16.1 Å². The van der Waals surface area contributed by atoms with Crippen LogP contribution in [0.15, 0.2) is 33.5 Å². The van der Waals surface area contributed by atoms with Gasteiger partial charge >= 0.3 is 6.03 Å². The predicted octanol–water partition coefficient (Wildman–Crippen LogP) is 0.916. The van der Waals surface area contributed by atoms with Gasteiger partial charge in [-0.25, -0.2) is 4.79 Å². The molecule has 8 heteroatoms. The fraction of sp³-hybridized carbons (Fsp3) is 0.333. The van der Waals surface area contributed by atoms with Gasteiger partial charge in [0.2, 0.25) is 0 Å². The van der Waals surface area contributed by atoms with Crippen LogP contribution in [-0.2, 0) is 4.79 Å². The minimum Gasteiger partial charge on any atom is -0.451 e. The predicted molar refractivity (Wildman–Crippen MR) is 91.8 cm³/mol. The molecule has 0 unspecified atom stereocenters. The van der Waals surface area contributed by atoms with Gasteiger partial charge in [-0.3, -0.25) is 19.7 Å². The number of urea groups is 1. The maximum Gasteiger partial charge on any atom is 0.322 e.